The first-order valence-electron chi connectivity index (χ1n) is 7.29. The Labute approximate surface area is 126 Å². The van der Waals surface area contributed by atoms with Gasteiger partial charge in [0, 0.05) is 12.1 Å². The van der Waals surface area contributed by atoms with E-state index in [1.807, 2.05) is 32.9 Å². The highest BCUT2D eigenvalue weighted by Gasteiger charge is 2.18. The summed E-state index contributed by atoms with van der Waals surface area (Å²) in [5.41, 5.74) is 6.80. The zero-order chi connectivity index (χ0) is 16.0. The van der Waals surface area contributed by atoms with Gasteiger partial charge >= 0.3 is 0 Å². The van der Waals surface area contributed by atoms with Gasteiger partial charge in [-0.15, -0.1) is 0 Å². The van der Waals surface area contributed by atoms with Crippen LogP contribution in [0.5, 0.6) is 11.5 Å². The number of carbonyl (C=O) groups is 1. The molecule has 0 saturated heterocycles. The first-order chi connectivity index (χ1) is 9.88. The number of nitrogens with two attached hydrogens (primary N) is 1. The van der Waals surface area contributed by atoms with Crippen LogP contribution in [0.3, 0.4) is 0 Å². The van der Waals surface area contributed by atoms with E-state index in [1.54, 1.807) is 20.1 Å². The molecule has 0 radical (unpaired) electrons. The van der Waals surface area contributed by atoms with Crippen molar-refractivity contribution in [2.45, 2.75) is 52.3 Å². The molecule has 0 spiro atoms. The van der Waals surface area contributed by atoms with Crippen LogP contribution >= 0.6 is 0 Å². The Morgan fingerprint density at radius 3 is 2.48 bits per heavy atom. The van der Waals surface area contributed by atoms with Crippen LogP contribution in [0.25, 0.3) is 0 Å². The third kappa shape index (κ3) is 4.93. The number of carbonyl (C=O) groups excluding carboxylic acids is 1. The highest BCUT2D eigenvalue weighted by Crippen LogP contribution is 2.30. The third-order valence-corrected chi connectivity index (χ3v) is 3.39. The second kappa shape index (κ2) is 7.88. The van der Waals surface area contributed by atoms with Gasteiger partial charge in [0.15, 0.2) is 17.6 Å². The molecular weight excluding hydrogens is 268 g/mol. The number of amides is 1. The van der Waals surface area contributed by atoms with E-state index in [1.165, 1.54) is 0 Å². The van der Waals surface area contributed by atoms with Crippen LogP contribution in [0.4, 0.5) is 0 Å². The summed E-state index contributed by atoms with van der Waals surface area (Å²) < 4.78 is 11.0. The average Bonchev–Trinajstić information content (AvgIpc) is 2.46. The van der Waals surface area contributed by atoms with Crippen molar-refractivity contribution < 1.29 is 14.3 Å². The second-order valence-electron chi connectivity index (χ2n) is 5.28. The molecule has 0 fully saturated rings. The molecule has 1 rings (SSSR count). The van der Waals surface area contributed by atoms with E-state index in [-0.39, 0.29) is 18.0 Å². The maximum atomic E-state index is 12.0. The van der Waals surface area contributed by atoms with Crippen molar-refractivity contribution >= 4 is 5.91 Å². The number of hydrogen-bond donors (Lipinski definition) is 2. The smallest absolute Gasteiger partial charge is 0.260 e. The van der Waals surface area contributed by atoms with Gasteiger partial charge in [0.2, 0.25) is 0 Å². The van der Waals surface area contributed by atoms with Crippen molar-refractivity contribution in [1.29, 1.82) is 0 Å². The van der Waals surface area contributed by atoms with Gasteiger partial charge in [-0.2, -0.15) is 0 Å². The second-order valence-corrected chi connectivity index (χ2v) is 5.28. The maximum Gasteiger partial charge on any atom is 0.260 e. The molecule has 1 amide bonds. The Balaban J connectivity index is 2.80. The lowest BCUT2D eigenvalue weighted by atomic mass is 10.1. The van der Waals surface area contributed by atoms with Gasteiger partial charge in [-0.25, -0.2) is 0 Å². The molecule has 3 atom stereocenters. The van der Waals surface area contributed by atoms with E-state index in [4.69, 9.17) is 15.2 Å². The van der Waals surface area contributed by atoms with Crippen molar-refractivity contribution in [2.24, 2.45) is 5.73 Å². The summed E-state index contributed by atoms with van der Waals surface area (Å²) >= 11 is 0. The standard InChI is InChI=1S/C16H26N2O3/c1-6-10(2)18-16(19)12(4)21-14-8-7-13(11(3)17)9-15(14)20-5/h7-12H,6,17H2,1-5H3,(H,18,19). The summed E-state index contributed by atoms with van der Waals surface area (Å²) in [7, 11) is 1.57. The van der Waals surface area contributed by atoms with Crippen molar-refractivity contribution in [3.63, 3.8) is 0 Å². The molecular formula is C16H26N2O3. The molecule has 21 heavy (non-hydrogen) atoms. The van der Waals surface area contributed by atoms with Crippen LogP contribution < -0.4 is 20.5 Å². The fourth-order valence-corrected chi connectivity index (χ4v) is 1.77. The van der Waals surface area contributed by atoms with Gasteiger partial charge in [-0.3, -0.25) is 4.79 Å². The first-order valence-corrected chi connectivity index (χ1v) is 7.29. The number of hydrogen-bond acceptors (Lipinski definition) is 4. The average molecular weight is 294 g/mol. The number of methoxy groups -OCH3 is 1. The van der Waals surface area contributed by atoms with E-state index in [9.17, 15) is 4.79 Å². The number of rotatable bonds is 7. The minimum Gasteiger partial charge on any atom is -0.493 e. The minimum absolute atomic E-state index is 0.0842. The Morgan fingerprint density at radius 1 is 1.29 bits per heavy atom. The molecule has 3 unspecified atom stereocenters. The van der Waals surface area contributed by atoms with Crippen LogP contribution in [0, 0.1) is 0 Å². The number of benzene rings is 1. The van der Waals surface area contributed by atoms with Crippen LogP contribution in [-0.2, 0) is 4.79 Å². The fraction of sp³-hybridized carbons (Fsp3) is 0.562. The molecule has 118 valence electrons. The van der Waals surface area contributed by atoms with E-state index in [0.29, 0.717) is 11.5 Å². The van der Waals surface area contributed by atoms with Crippen LogP contribution in [0.15, 0.2) is 18.2 Å². The Hall–Kier alpha value is -1.75. The zero-order valence-corrected chi connectivity index (χ0v) is 13.5. The van der Waals surface area contributed by atoms with E-state index < -0.39 is 6.10 Å². The van der Waals surface area contributed by atoms with Gasteiger partial charge in [-0.1, -0.05) is 13.0 Å². The van der Waals surface area contributed by atoms with Gasteiger partial charge in [0.25, 0.3) is 5.91 Å². The lowest BCUT2D eigenvalue weighted by Crippen LogP contribution is -2.41. The van der Waals surface area contributed by atoms with Crippen molar-refractivity contribution in [3.05, 3.63) is 23.8 Å². The molecule has 0 saturated carbocycles. The van der Waals surface area contributed by atoms with Crippen molar-refractivity contribution in [3.8, 4) is 11.5 Å². The summed E-state index contributed by atoms with van der Waals surface area (Å²) in [6.07, 6.45) is 0.291. The van der Waals surface area contributed by atoms with Gasteiger partial charge in [-0.05, 0) is 44.9 Å². The topological polar surface area (TPSA) is 73.6 Å². The molecule has 0 aliphatic rings. The minimum atomic E-state index is -0.589. The van der Waals surface area contributed by atoms with Crippen molar-refractivity contribution in [1.82, 2.24) is 5.32 Å². The van der Waals surface area contributed by atoms with E-state index in [2.05, 4.69) is 5.32 Å². The zero-order valence-electron chi connectivity index (χ0n) is 13.5. The third-order valence-electron chi connectivity index (χ3n) is 3.39. The lowest BCUT2D eigenvalue weighted by molar-refractivity contribution is -0.127. The van der Waals surface area contributed by atoms with Crippen LogP contribution in [0.1, 0.15) is 45.7 Å². The molecule has 0 bridgehead atoms. The molecule has 5 heteroatoms. The maximum absolute atomic E-state index is 12.0. The molecule has 3 N–H and O–H groups in total. The summed E-state index contributed by atoms with van der Waals surface area (Å²) in [5.74, 6) is 0.976. The predicted octanol–water partition coefficient (Wildman–Crippen LogP) is 2.40. The Kier molecular flexibility index (Phi) is 6.49. The van der Waals surface area contributed by atoms with Gasteiger partial charge in [0.1, 0.15) is 0 Å². The molecule has 0 aliphatic carbocycles. The fourth-order valence-electron chi connectivity index (χ4n) is 1.77. The highest BCUT2D eigenvalue weighted by molar-refractivity contribution is 5.81. The first kappa shape index (κ1) is 17.3. The molecule has 0 aliphatic heterocycles. The lowest BCUT2D eigenvalue weighted by Gasteiger charge is -2.19. The SMILES string of the molecule is CCC(C)NC(=O)C(C)Oc1ccc(C(C)N)cc1OC. The number of ether oxygens (including phenoxy) is 2. The van der Waals surface area contributed by atoms with Crippen molar-refractivity contribution in [2.75, 3.05) is 7.11 Å². The van der Waals surface area contributed by atoms with Gasteiger partial charge < -0.3 is 20.5 Å². The predicted molar refractivity (Wildman–Crippen MR) is 83.6 cm³/mol. The quantitative estimate of drug-likeness (QED) is 0.810. The molecule has 0 aromatic heterocycles. The monoisotopic (exact) mass is 294 g/mol. The molecule has 0 heterocycles. The van der Waals surface area contributed by atoms with E-state index >= 15 is 0 Å². The van der Waals surface area contributed by atoms with E-state index in [0.717, 1.165) is 12.0 Å². The molecule has 1 aromatic rings. The Morgan fingerprint density at radius 2 is 1.95 bits per heavy atom. The summed E-state index contributed by atoms with van der Waals surface area (Å²) in [5, 5.41) is 2.89. The molecule has 5 nitrogen and oxygen atoms in total. The highest BCUT2D eigenvalue weighted by atomic mass is 16.5. The number of nitrogens with one attached hydrogen (secondary N) is 1. The summed E-state index contributed by atoms with van der Waals surface area (Å²) in [4.78, 5) is 12.0. The van der Waals surface area contributed by atoms with Crippen LogP contribution in [0.2, 0.25) is 0 Å². The molecule has 1 aromatic carbocycles. The Bertz CT molecular complexity index is 475. The van der Waals surface area contributed by atoms with Gasteiger partial charge in [0.05, 0.1) is 7.11 Å². The van der Waals surface area contributed by atoms with Crippen LogP contribution in [-0.4, -0.2) is 25.2 Å². The largest absolute Gasteiger partial charge is 0.493 e. The summed E-state index contributed by atoms with van der Waals surface area (Å²) in [6.45, 7) is 7.60. The normalized spacial score (nSPS) is 15.0. The summed E-state index contributed by atoms with van der Waals surface area (Å²) in [6, 6.07) is 5.54.